The van der Waals surface area contributed by atoms with E-state index >= 15 is 0 Å². The van der Waals surface area contributed by atoms with E-state index in [4.69, 9.17) is 16.7 Å². The van der Waals surface area contributed by atoms with Gasteiger partial charge in [0.05, 0.1) is 17.6 Å². The average molecular weight is 277 g/mol. The molecule has 1 unspecified atom stereocenters. The summed E-state index contributed by atoms with van der Waals surface area (Å²) in [5.41, 5.74) is 0. The van der Waals surface area contributed by atoms with Crippen LogP contribution < -0.4 is 4.90 Å². The Morgan fingerprint density at radius 2 is 2.18 bits per heavy atom. The number of thiazole rings is 1. The minimum atomic E-state index is -0.231. The molecule has 1 aliphatic rings. The molecule has 2 rings (SSSR count). The van der Waals surface area contributed by atoms with Gasteiger partial charge in [-0.2, -0.15) is 0 Å². The van der Waals surface area contributed by atoms with E-state index in [9.17, 15) is 5.11 Å². The van der Waals surface area contributed by atoms with Crippen molar-refractivity contribution in [2.45, 2.75) is 32.5 Å². The van der Waals surface area contributed by atoms with E-state index in [0.29, 0.717) is 11.1 Å². The predicted molar refractivity (Wildman–Crippen MR) is 69.7 cm³/mol. The summed E-state index contributed by atoms with van der Waals surface area (Å²) in [7, 11) is 0. The molecule has 1 atom stereocenters. The van der Waals surface area contributed by atoms with Gasteiger partial charge in [0.15, 0.2) is 5.13 Å². The number of piperidine rings is 1. The minimum Gasteiger partial charge on any atom is -0.393 e. The van der Waals surface area contributed by atoms with Crippen molar-refractivity contribution < 1.29 is 10.2 Å². The van der Waals surface area contributed by atoms with E-state index in [1.807, 2.05) is 6.92 Å². The highest BCUT2D eigenvalue weighted by Gasteiger charge is 2.24. The number of aliphatic hydroxyl groups excluding tert-OH is 2. The Kier molecular flexibility index (Phi) is 4.25. The van der Waals surface area contributed by atoms with Crippen molar-refractivity contribution in [3.05, 3.63) is 10.0 Å². The lowest BCUT2D eigenvalue weighted by Crippen LogP contribution is -2.36. The third kappa shape index (κ3) is 2.91. The molecule has 1 aromatic rings. The number of hydrogen-bond donors (Lipinski definition) is 2. The van der Waals surface area contributed by atoms with Crippen LogP contribution in [-0.2, 0) is 6.61 Å². The van der Waals surface area contributed by atoms with Crippen molar-refractivity contribution >= 4 is 28.1 Å². The van der Waals surface area contributed by atoms with Crippen LogP contribution in [0.2, 0.25) is 5.15 Å². The first-order chi connectivity index (χ1) is 8.11. The standard InChI is InChI=1S/C11H17ClN2O2S/c1-7(16)8-2-4-14(5-3-8)11-13-10(12)9(6-15)17-11/h7-8,15-16H,2-6H2,1H3. The van der Waals surface area contributed by atoms with Crippen LogP contribution in [0.15, 0.2) is 0 Å². The monoisotopic (exact) mass is 276 g/mol. The van der Waals surface area contributed by atoms with Gasteiger partial charge in [-0.3, -0.25) is 0 Å². The fourth-order valence-corrected chi connectivity index (χ4v) is 3.30. The van der Waals surface area contributed by atoms with Gasteiger partial charge in [0.2, 0.25) is 0 Å². The predicted octanol–water partition coefficient (Wildman–Crippen LogP) is 1.89. The highest BCUT2D eigenvalue weighted by molar-refractivity contribution is 7.16. The molecule has 96 valence electrons. The summed E-state index contributed by atoms with van der Waals surface area (Å²) < 4.78 is 0. The van der Waals surface area contributed by atoms with E-state index in [1.165, 1.54) is 11.3 Å². The van der Waals surface area contributed by atoms with Crippen molar-refractivity contribution in [3.63, 3.8) is 0 Å². The number of aliphatic hydroxyl groups is 2. The Morgan fingerprint density at radius 1 is 1.53 bits per heavy atom. The normalized spacial score (nSPS) is 19.6. The Hall–Kier alpha value is -0.360. The first-order valence-electron chi connectivity index (χ1n) is 5.81. The van der Waals surface area contributed by atoms with E-state index in [0.717, 1.165) is 35.9 Å². The average Bonchev–Trinajstić information content (AvgIpc) is 2.70. The molecule has 6 heteroatoms. The Morgan fingerprint density at radius 3 is 2.65 bits per heavy atom. The van der Waals surface area contributed by atoms with Gasteiger partial charge in [0.1, 0.15) is 5.15 Å². The molecule has 2 N–H and O–H groups in total. The van der Waals surface area contributed by atoms with E-state index in [1.54, 1.807) is 0 Å². The van der Waals surface area contributed by atoms with Gasteiger partial charge in [0.25, 0.3) is 0 Å². The van der Waals surface area contributed by atoms with Crippen molar-refractivity contribution in [1.82, 2.24) is 4.98 Å². The van der Waals surface area contributed by atoms with Crippen molar-refractivity contribution in [1.29, 1.82) is 0 Å². The quantitative estimate of drug-likeness (QED) is 0.885. The second-order valence-electron chi connectivity index (χ2n) is 4.43. The summed E-state index contributed by atoms with van der Waals surface area (Å²) in [6.45, 7) is 3.58. The molecule has 0 radical (unpaired) electrons. The van der Waals surface area contributed by atoms with Gasteiger partial charge >= 0.3 is 0 Å². The summed E-state index contributed by atoms with van der Waals surface area (Å²) in [6.07, 6.45) is 1.72. The number of hydrogen-bond acceptors (Lipinski definition) is 5. The lowest BCUT2D eigenvalue weighted by atomic mass is 9.92. The maximum atomic E-state index is 9.53. The zero-order chi connectivity index (χ0) is 12.4. The molecule has 4 nitrogen and oxygen atoms in total. The zero-order valence-corrected chi connectivity index (χ0v) is 11.3. The molecule has 1 aromatic heterocycles. The molecule has 0 amide bonds. The summed E-state index contributed by atoms with van der Waals surface area (Å²) >= 11 is 7.36. The molecule has 0 bridgehead atoms. The van der Waals surface area contributed by atoms with Crippen LogP contribution in [0.25, 0.3) is 0 Å². The smallest absolute Gasteiger partial charge is 0.187 e. The molecule has 1 saturated heterocycles. The second-order valence-corrected chi connectivity index (χ2v) is 5.85. The number of nitrogens with zero attached hydrogens (tertiary/aromatic N) is 2. The SMILES string of the molecule is CC(O)C1CCN(c2nc(Cl)c(CO)s2)CC1. The molecule has 2 heterocycles. The summed E-state index contributed by atoms with van der Waals surface area (Å²) in [5.74, 6) is 0.388. The highest BCUT2D eigenvalue weighted by atomic mass is 35.5. The Bertz CT molecular complexity index is 376. The number of halogens is 1. The molecular weight excluding hydrogens is 260 g/mol. The van der Waals surface area contributed by atoms with Crippen LogP contribution in [0.4, 0.5) is 5.13 Å². The van der Waals surface area contributed by atoms with E-state index in [-0.39, 0.29) is 12.7 Å². The number of anilines is 1. The molecule has 17 heavy (non-hydrogen) atoms. The van der Waals surface area contributed by atoms with E-state index in [2.05, 4.69) is 9.88 Å². The minimum absolute atomic E-state index is 0.0549. The maximum Gasteiger partial charge on any atom is 0.187 e. The van der Waals surface area contributed by atoms with Crippen molar-refractivity contribution in [2.75, 3.05) is 18.0 Å². The lowest BCUT2D eigenvalue weighted by Gasteiger charge is -2.32. The molecule has 1 fully saturated rings. The largest absolute Gasteiger partial charge is 0.393 e. The van der Waals surface area contributed by atoms with Gasteiger partial charge in [-0.1, -0.05) is 22.9 Å². The van der Waals surface area contributed by atoms with Gasteiger partial charge in [-0.15, -0.1) is 0 Å². The number of rotatable bonds is 3. The van der Waals surface area contributed by atoms with Crippen LogP contribution in [0.1, 0.15) is 24.6 Å². The molecule has 0 aliphatic carbocycles. The summed E-state index contributed by atoms with van der Waals surface area (Å²) in [6, 6.07) is 0. The van der Waals surface area contributed by atoms with Gasteiger partial charge in [-0.25, -0.2) is 4.98 Å². The fraction of sp³-hybridized carbons (Fsp3) is 0.727. The maximum absolute atomic E-state index is 9.53. The molecule has 0 aromatic carbocycles. The van der Waals surface area contributed by atoms with Crippen molar-refractivity contribution in [2.24, 2.45) is 5.92 Å². The number of aromatic nitrogens is 1. The fourth-order valence-electron chi connectivity index (χ4n) is 2.13. The summed E-state index contributed by atoms with van der Waals surface area (Å²) in [5, 5.41) is 19.9. The topological polar surface area (TPSA) is 56.6 Å². The first-order valence-corrected chi connectivity index (χ1v) is 7.00. The van der Waals surface area contributed by atoms with E-state index < -0.39 is 0 Å². The third-order valence-electron chi connectivity index (χ3n) is 3.27. The van der Waals surface area contributed by atoms with Crippen LogP contribution in [0.3, 0.4) is 0 Å². The van der Waals surface area contributed by atoms with Gasteiger partial charge in [-0.05, 0) is 25.7 Å². The lowest BCUT2D eigenvalue weighted by molar-refractivity contribution is 0.110. The van der Waals surface area contributed by atoms with Crippen molar-refractivity contribution in [3.8, 4) is 0 Å². The van der Waals surface area contributed by atoms with Gasteiger partial charge < -0.3 is 15.1 Å². The van der Waals surface area contributed by atoms with Crippen LogP contribution in [-0.4, -0.2) is 34.4 Å². The Balaban J connectivity index is 2.00. The first kappa shape index (κ1) is 13.1. The molecular formula is C11H17ClN2O2S. The zero-order valence-electron chi connectivity index (χ0n) is 9.77. The Labute approximate surface area is 110 Å². The second kappa shape index (κ2) is 5.52. The van der Waals surface area contributed by atoms with Crippen LogP contribution in [0, 0.1) is 5.92 Å². The molecule has 1 aliphatic heterocycles. The van der Waals surface area contributed by atoms with Crippen LogP contribution in [0.5, 0.6) is 0 Å². The highest BCUT2D eigenvalue weighted by Crippen LogP contribution is 2.32. The molecule has 0 saturated carbocycles. The summed E-state index contributed by atoms with van der Waals surface area (Å²) in [4.78, 5) is 7.16. The molecule has 0 spiro atoms. The van der Waals surface area contributed by atoms with Gasteiger partial charge in [0, 0.05) is 13.1 Å². The third-order valence-corrected chi connectivity index (χ3v) is 4.80. The van der Waals surface area contributed by atoms with Crippen LogP contribution >= 0.6 is 22.9 Å².